The zero-order chi connectivity index (χ0) is 24.0. The van der Waals surface area contributed by atoms with Gasteiger partial charge in [0.25, 0.3) is 0 Å². The van der Waals surface area contributed by atoms with Crippen LogP contribution in [0.4, 0.5) is 13.2 Å². The molecule has 0 spiro atoms. The number of aliphatic carboxylic acids is 2. The number of nitrogens with zero attached hydrogens (tertiary/aromatic N) is 1. The lowest BCUT2D eigenvalue weighted by atomic mass is 9.90. The number of halogens is 3. The highest BCUT2D eigenvalue weighted by Crippen LogP contribution is 2.35. The molecule has 0 bridgehead atoms. The monoisotopic (exact) mass is 457 g/mol. The summed E-state index contributed by atoms with van der Waals surface area (Å²) >= 11 is 0. The van der Waals surface area contributed by atoms with E-state index in [-0.39, 0.29) is 18.7 Å². The third-order valence-corrected chi connectivity index (χ3v) is 5.28. The van der Waals surface area contributed by atoms with Gasteiger partial charge in [-0.05, 0) is 28.8 Å². The van der Waals surface area contributed by atoms with Gasteiger partial charge in [-0.1, -0.05) is 72.8 Å². The molecule has 8 heteroatoms. The normalized spacial score (nSPS) is 12.6. The third kappa shape index (κ3) is 6.20. The largest absolute Gasteiger partial charge is 0.481 e. The second-order valence-electron chi connectivity index (χ2n) is 7.59. The molecule has 1 unspecified atom stereocenters. The van der Waals surface area contributed by atoms with Crippen molar-refractivity contribution in [1.29, 1.82) is 0 Å². The Kier molecular flexibility index (Phi) is 7.50. The van der Waals surface area contributed by atoms with Crippen LogP contribution in [0.5, 0.6) is 0 Å². The molecule has 0 radical (unpaired) electrons. The molecule has 0 fully saturated rings. The van der Waals surface area contributed by atoms with Gasteiger partial charge in [0.1, 0.15) is 0 Å². The second-order valence-corrected chi connectivity index (χ2v) is 7.59. The Bertz CT molecular complexity index is 1010. The van der Waals surface area contributed by atoms with E-state index in [1.807, 2.05) is 36.4 Å². The minimum atomic E-state index is -4.57. The molecule has 0 saturated carbocycles. The maximum atomic E-state index is 13.1. The van der Waals surface area contributed by atoms with Crippen molar-refractivity contribution in [3.05, 3.63) is 107 Å². The van der Waals surface area contributed by atoms with Crippen molar-refractivity contribution in [2.75, 3.05) is 0 Å². The summed E-state index contributed by atoms with van der Waals surface area (Å²) in [7, 11) is 0. The van der Waals surface area contributed by atoms with Crippen molar-refractivity contribution in [3.8, 4) is 0 Å². The van der Waals surface area contributed by atoms with Gasteiger partial charge in [0, 0.05) is 13.1 Å². The first-order valence-corrected chi connectivity index (χ1v) is 10.1. The minimum Gasteiger partial charge on any atom is -0.481 e. The van der Waals surface area contributed by atoms with Gasteiger partial charge in [-0.15, -0.1) is 0 Å². The number of rotatable bonds is 9. The highest BCUT2D eigenvalue weighted by molar-refractivity contribution is 5.94. The number of carbonyl (C=O) groups is 2. The summed E-state index contributed by atoms with van der Waals surface area (Å²) in [5.41, 5.74) is 0.884. The molecule has 0 aliphatic carbocycles. The summed E-state index contributed by atoms with van der Waals surface area (Å²) in [6.07, 6.45) is -4.57. The van der Waals surface area contributed by atoms with E-state index in [0.29, 0.717) is 0 Å². The molecular weight excluding hydrogens is 435 g/mol. The highest BCUT2D eigenvalue weighted by atomic mass is 19.4. The van der Waals surface area contributed by atoms with Crippen LogP contribution in [-0.2, 0) is 28.9 Å². The van der Waals surface area contributed by atoms with E-state index < -0.39 is 35.6 Å². The van der Waals surface area contributed by atoms with Gasteiger partial charge in [-0.3, -0.25) is 14.5 Å². The topological polar surface area (TPSA) is 77.8 Å². The molecule has 33 heavy (non-hydrogen) atoms. The molecule has 0 amide bonds. The van der Waals surface area contributed by atoms with Crippen LogP contribution in [0, 0.1) is 5.92 Å². The van der Waals surface area contributed by atoms with Crippen molar-refractivity contribution in [2.24, 2.45) is 5.92 Å². The van der Waals surface area contributed by atoms with Gasteiger partial charge in [0.2, 0.25) is 0 Å². The number of carboxylic acids is 2. The summed E-state index contributed by atoms with van der Waals surface area (Å²) in [6.45, 7) is 0.386. The molecule has 2 N–H and O–H groups in total. The Morgan fingerprint density at radius 2 is 1.15 bits per heavy atom. The second kappa shape index (κ2) is 10.3. The lowest BCUT2D eigenvalue weighted by molar-refractivity contribution is -0.158. The molecule has 0 aromatic heterocycles. The molecule has 3 aromatic rings. The maximum absolute atomic E-state index is 13.1. The van der Waals surface area contributed by atoms with E-state index in [0.717, 1.165) is 35.4 Å². The van der Waals surface area contributed by atoms with Gasteiger partial charge in [0.05, 0.1) is 11.6 Å². The first-order valence-electron chi connectivity index (χ1n) is 10.1. The van der Waals surface area contributed by atoms with Crippen LogP contribution >= 0.6 is 0 Å². The van der Waals surface area contributed by atoms with Crippen molar-refractivity contribution < 1.29 is 33.0 Å². The molecule has 0 saturated heterocycles. The average Bonchev–Trinajstić information content (AvgIpc) is 2.77. The Labute approximate surface area is 188 Å². The zero-order valence-corrected chi connectivity index (χ0v) is 17.4. The van der Waals surface area contributed by atoms with Gasteiger partial charge < -0.3 is 10.2 Å². The summed E-state index contributed by atoms with van der Waals surface area (Å²) in [5.74, 6) is -5.04. The minimum absolute atomic E-state index is 0.171. The lowest BCUT2D eigenvalue weighted by Crippen LogP contribution is -2.40. The number of hydrogen-bond acceptors (Lipinski definition) is 3. The molecule has 5 nitrogen and oxygen atoms in total. The maximum Gasteiger partial charge on any atom is 0.416 e. The Hall–Kier alpha value is -3.65. The molecule has 1 atom stereocenters. The van der Waals surface area contributed by atoms with Crippen LogP contribution in [0.1, 0.15) is 28.3 Å². The van der Waals surface area contributed by atoms with Crippen LogP contribution in [0.25, 0.3) is 0 Å². The highest BCUT2D eigenvalue weighted by Gasteiger charge is 2.40. The fourth-order valence-electron chi connectivity index (χ4n) is 3.75. The van der Waals surface area contributed by atoms with E-state index in [9.17, 15) is 33.0 Å². The predicted octanol–water partition coefficient (Wildman–Crippen LogP) is 5.23. The SMILES string of the molecule is O=C(O)C(C(=O)O)C(c1ccc(C(F)(F)F)cc1)N(Cc1ccccc1)Cc1ccccc1. The third-order valence-electron chi connectivity index (χ3n) is 5.28. The van der Waals surface area contributed by atoms with Crippen LogP contribution in [0.3, 0.4) is 0 Å². The molecule has 0 aliphatic rings. The van der Waals surface area contributed by atoms with Crippen molar-refractivity contribution in [2.45, 2.75) is 25.3 Å². The quantitative estimate of drug-likeness (QED) is 0.430. The number of hydrogen-bond donors (Lipinski definition) is 2. The number of benzene rings is 3. The Morgan fingerprint density at radius 1 is 0.727 bits per heavy atom. The zero-order valence-electron chi connectivity index (χ0n) is 17.4. The summed E-state index contributed by atoms with van der Waals surface area (Å²) < 4.78 is 39.2. The van der Waals surface area contributed by atoms with Crippen LogP contribution in [0.2, 0.25) is 0 Å². The van der Waals surface area contributed by atoms with Crippen LogP contribution in [0.15, 0.2) is 84.9 Å². The number of carboxylic acid groups (broad SMARTS) is 2. The number of alkyl halides is 3. The standard InChI is InChI=1S/C25H22F3NO4/c26-25(27,28)20-13-11-19(12-14-20)22(21(23(30)31)24(32)33)29(15-17-7-3-1-4-8-17)16-18-9-5-2-6-10-18/h1-14,21-22H,15-16H2,(H,30,31)(H,32,33). The fourth-order valence-corrected chi connectivity index (χ4v) is 3.75. The van der Waals surface area contributed by atoms with Crippen molar-refractivity contribution in [1.82, 2.24) is 4.90 Å². The fraction of sp³-hybridized carbons (Fsp3) is 0.200. The average molecular weight is 457 g/mol. The van der Waals surface area contributed by atoms with E-state index in [4.69, 9.17) is 0 Å². The molecule has 3 aromatic carbocycles. The van der Waals surface area contributed by atoms with Gasteiger partial charge >= 0.3 is 18.1 Å². The van der Waals surface area contributed by atoms with Gasteiger partial charge in [-0.25, -0.2) is 0 Å². The first-order chi connectivity index (χ1) is 15.7. The van der Waals surface area contributed by atoms with Crippen molar-refractivity contribution >= 4 is 11.9 Å². The molecular formula is C25H22F3NO4. The van der Waals surface area contributed by atoms with Gasteiger partial charge in [-0.2, -0.15) is 13.2 Å². The van der Waals surface area contributed by atoms with E-state index >= 15 is 0 Å². The summed E-state index contributed by atoms with van der Waals surface area (Å²) in [6, 6.07) is 20.9. The van der Waals surface area contributed by atoms with Crippen molar-refractivity contribution in [3.63, 3.8) is 0 Å². The first kappa shape index (κ1) is 24.0. The molecule has 3 rings (SSSR count). The Morgan fingerprint density at radius 3 is 1.52 bits per heavy atom. The Balaban J connectivity index is 2.11. The summed E-state index contributed by atoms with van der Waals surface area (Å²) in [5, 5.41) is 19.5. The molecule has 172 valence electrons. The van der Waals surface area contributed by atoms with E-state index in [2.05, 4.69) is 0 Å². The lowest BCUT2D eigenvalue weighted by Gasteiger charge is -2.34. The molecule has 0 heterocycles. The van der Waals surface area contributed by atoms with Crippen LogP contribution < -0.4 is 0 Å². The van der Waals surface area contributed by atoms with Crippen LogP contribution in [-0.4, -0.2) is 27.1 Å². The smallest absolute Gasteiger partial charge is 0.416 e. The van der Waals surface area contributed by atoms with E-state index in [1.165, 1.54) is 0 Å². The predicted molar refractivity (Wildman–Crippen MR) is 115 cm³/mol. The van der Waals surface area contributed by atoms with Gasteiger partial charge in [0.15, 0.2) is 5.92 Å². The summed E-state index contributed by atoms with van der Waals surface area (Å²) in [4.78, 5) is 25.7. The van der Waals surface area contributed by atoms with E-state index in [1.54, 1.807) is 29.2 Å². The molecule has 0 aliphatic heterocycles.